The summed E-state index contributed by atoms with van der Waals surface area (Å²) in [5.41, 5.74) is 2.34. The highest BCUT2D eigenvalue weighted by Gasteiger charge is 2.79. The van der Waals surface area contributed by atoms with Crippen LogP contribution in [0.4, 0.5) is 5.69 Å². The summed E-state index contributed by atoms with van der Waals surface area (Å²) in [7, 11) is 1.90. The van der Waals surface area contributed by atoms with Gasteiger partial charge in [0.25, 0.3) is 0 Å². The van der Waals surface area contributed by atoms with Gasteiger partial charge in [-0.05, 0) is 32.4 Å². The van der Waals surface area contributed by atoms with E-state index in [-0.39, 0.29) is 16.7 Å². The molecule has 0 aromatic heterocycles. The van der Waals surface area contributed by atoms with Gasteiger partial charge in [0.2, 0.25) is 0 Å². The van der Waals surface area contributed by atoms with E-state index in [2.05, 4.69) is 39.0 Å². The van der Waals surface area contributed by atoms with Crippen LogP contribution in [0.1, 0.15) is 31.4 Å². The van der Waals surface area contributed by atoms with Gasteiger partial charge in [-0.15, -0.1) is 0 Å². The van der Waals surface area contributed by atoms with Crippen LogP contribution >= 0.6 is 0 Å². The summed E-state index contributed by atoms with van der Waals surface area (Å²) in [6.07, 6.45) is 0.884. The van der Waals surface area contributed by atoms with E-state index in [9.17, 15) is 9.59 Å². The Labute approximate surface area is 148 Å². The average molecular weight is 341 g/mol. The van der Waals surface area contributed by atoms with Crippen LogP contribution in [0.5, 0.6) is 0 Å². The summed E-state index contributed by atoms with van der Waals surface area (Å²) in [6.45, 7) is 9.53. The molecule has 5 heterocycles. The maximum Gasteiger partial charge on any atom is 0.353 e. The molecule has 1 aromatic rings. The van der Waals surface area contributed by atoms with E-state index >= 15 is 0 Å². The van der Waals surface area contributed by atoms with Crippen molar-refractivity contribution in [3.63, 3.8) is 0 Å². The number of nitrogens with one attached hydrogen (secondary N) is 2. The number of anilines is 1. The van der Waals surface area contributed by atoms with Gasteiger partial charge in [-0.25, -0.2) is 0 Å². The van der Waals surface area contributed by atoms with Crippen molar-refractivity contribution in [1.29, 1.82) is 0 Å². The van der Waals surface area contributed by atoms with Crippen LogP contribution in [-0.2, 0) is 15.3 Å². The molecule has 1 spiro atoms. The normalized spacial score (nSPS) is 44.1. The van der Waals surface area contributed by atoms with Gasteiger partial charge in [0.15, 0.2) is 5.78 Å². The van der Waals surface area contributed by atoms with Gasteiger partial charge in [-0.3, -0.25) is 19.4 Å². The fraction of sp³-hybridized carbons (Fsp3) is 0.600. The molecule has 132 valence electrons. The van der Waals surface area contributed by atoms with Gasteiger partial charge in [0.05, 0.1) is 5.69 Å². The van der Waals surface area contributed by atoms with Gasteiger partial charge in [0, 0.05) is 7.05 Å². The number of carbonyl (C=O) groups is 2. The van der Waals surface area contributed by atoms with Gasteiger partial charge < -0.3 is 4.90 Å². The largest absolute Gasteiger partial charge is 0.353 e. The summed E-state index contributed by atoms with van der Waals surface area (Å²) < 4.78 is 0. The summed E-state index contributed by atoms with van der Waals surface area (Å²) in [5.74, 6) is 0.660. The Bertz CT molecular complexity index is 814. The third kappa shape index (κ3) is 1.50. The number of aryl methyl sites for hydroxylation is 1. The molecule has 0 radical (unpaired) electrons. The highest BCUT2D eigenvalue weighted by molar-refractivity contribution is 6.05. The molecule has 4 saturated heterocycles. The molecule has 5 aliphatic heterocycles. The van der Waals surface area contributed by atoms with E-state index in [1.165, 1.54) is 20.9 Å². The minimum absolute atomic E-state index is 0.208. The van der Waals surface area contributed by atoms with Crippen LogP contribution < -0.4 is 14.7 Å². The lowest BCUT2D eigenvalue weighted by Crippen LogP contribution is -3.48. The number of quaternary nitrogens is 2. The fourth-order valence-corrected chi connectivity index (χ4v) is 6.56. The molecule has 5 nitrogen and oxygen atoms in total. The van der Waals surface area contributed by atoms with Crippen LogP contribution in [-0.4, -0.2) is 44.9 Å². The molecular weight excluding hydrogens is 314 g/mol. The van der Waals surface area contributed by atoms with Crippen LogP contribution in [0.2, 0.25) is 0 Å². The van der Waals surface area contributed by atoms with Crippen molar-refractivity contribution in [2.75, 3.05) is 38.1 Å². The van der Waals surface area contributed by atoms with Gasteiger partial charge in [0.1, 0.15) is 42.6 Å². The van der Waals surface area contributed by atoms with Crippen molar-refractivity contribution in [3.05, 3.63) is 29.3 Å². The fourth-order valence-electron chi connectivity index (χ4n) is 6.56. The molecule has 4 bridgehead atoms. The Balaban J connectivity index is 1.75. The van der Waals surface area contributed by atoms with Crippen molar-refractivity contribution < 1.29 is 19.4 Å². The summed E-state index contributed by atoms with van der Waals surface area (Å²) >= 11 is 0. The number of Topliss-reactive ketones (excluding diaryl/α,β-unsaturated/α-hetero) is 1. The summed E-state index contributed by atoms with van der Waals surface area (Å²) in [4.78, 5) is 31.2. The molecule has 4 fully saturated rings. The third-order valence-electron chi connectivity index (χ3n) is 7.62. The molecule has 2 unspecified atom stereocenters. The topological polar surface area (TPSA) is 46.3 Å². The van der Waals surface area contributed by atoms with E-state index in [1.807, 2.05) is 11.9 Å². The van der Waals surface area contributed by atoms with Crippen molar-refractivity contribution in [2.45, 2.75) is 32.9 Å². The minimum atomic E-state index is -0.547. The number of ketones is 1. The van der Waals surface area contributed by atoms with Crippen molar-refractivity contribution in [3.8, 4) is 0 Å². The number of rotatable bonds is 1. The molecule has 1 amide bonds. The molecule has 25 heavy (non-hydrogen) atoms. The van der Waals surface area contributed by atoms with E-state index in [0.717, 1.165) is 38.3 Å². The second-order valence-corrected chi connectivity index (χ2v) is 9.07. The number of benzene rings is 1. The first-order valence-electron chi connectivity index (χ1n) is 9.43. The van der Waals surface area contributed by atoms with E-state index in [0.29, 0.717) is 5.78 Å². The zero-order valence-electron chi connectivity index (χ0n) is 15.5. The van der Waals surface area contributed by atoms with Crippen molar-refractivity contribution in [2.24, 2.45) is 10.8 Å². The van der Waals surface area contributed by atoms with Crippen molar-refractivity contribution >= 4 is 17.4 Å². The molecule has 0 saturated carbocycles. The first-order chi connectivity index (χ1) is 11.8. The first kappa shape index (κ1) is 15.5. The number of carbonyl (C=O) groups excluding carboxylic acids is 2. The minimum Gasteiger partial charge on any atom is -0.303 e. The smallest absolute Gasteiger partial charge is 0.303 e. The lowest BCUT2D eigenvalue weighted by Gasteiger charge is -2.62. The Morgan fingerprint density at radius 3 is 2.36 bits per heavy atom. The second kappa shape index (κ2) is 4.33. The molecule has 6 rings (SSSR count). The summed E-state index contributed by atoms with van der Waals surface area (Å²) in [6, 6.07) is 6.39. The first-order valence-corrected chi connectivity index (χ1v) is 9.43. The number of hydrogen-bond donors (Lipinski definition) is 2. The lowest BCUT2D eigenvalue weighted by molar-refractivity contribution is -1.20. The Morgan fingerprint density at radius 2 is 1.76 bits per heavy atom. The molecule has 5 heteroatoms. The van der Waals surface area contributed by atoms with E-state index in [4.69, 9.17) is 0 Å². The Hall–Kier alpha value is -1.72. The zero-order chi connectivity index (χ0) is 17.8. The average Bonchev–Trinajstić information content (AvgIpc) is 2.77. The molecule has 5 aliphatic rings. The maximum absolute atomic E-state index is 13.6. The van der Waals surface area contributed by atoms with Crippen LogP contribution in [0.3, 0.4) is 0 Å². The summed E-state index contributed by atoms with van der Waals surface area (Å²) in [5, 5.41) is 0. The monoisotopic (exact) mass is 341 g/mol. The maximum atomic E-state index is 13.6. The standard InChI is InChI=1S/C20H25N3O2/c1-5-19-11-22-9-18(3,16(19)24)10-23(12-19)20(22)14-8-13(2)6-7-15(14)21(4)17(20)25/h6-8H,5,9-12H2,1-4H3/p+2. The number of hydrogen-bond acceptors (Lipinski definition) is 2. The zero-order valence-corrected chi connectivity index (χ0v) is 15.5. The van der Waals surface area contributed by atoms with Gasteiger partial charge >= 0.3 is 11.6 Å². The van der Waals surface area contributed by atoms with E-state index < -0.39 is 5.66 Å². The Morgan fingerprint density at radius 1 is 1.12 bits per heavy atom. The Kier molecular flexibility index (Phi) is 2.69. The predicted octanol–water partition coefficient (Wildman–Crippen LogP) is -1.09. The third-order valence-corrected chi connectivity index (χ3v) is 7.62. The quantitative estimate of drug-likeness (QED) is 0.682. The number of likely N-dealkylation sites (N-methyl/N-ethyl adjacent to an activating group) is 1. The predicted molar refractivity (Wildman–Crippen MR) is 93.5 cm³/mol. The molecule has 2 atom stereocenters. The van der Waals surface area contributed by atoms with Crippen LogP contribution in [0.25, 0.3) is 0 Å². The molecule has 0 aliphatic carbocycles. The highest BCUT2D eigenvalue weighted by atomic mass is 16.2. The number of fused-ring (bicyclic) bond motifs is 1. The number of nitrogens with zero attached hydrogens (tertiary/aromatic N) is 1. The van der Waals surface area contributed by atoms with Crippen LogP contribution in [0, 0.1) is 17.8 Å². The van der Waals surface area contributed by atoms with Crippen molar-refractivity contribution in [1.82, 2.24) is 0 Å². The van der Waals surface area contributed by atoms with E-state index in [1.54, 1.807) is 0 Å². The SMILES string of the molecule is CCC12C[NH+]3CC(C)(C[NH+](C1)C31C(=O)N(C)c3ccc(C)cc31)C2=O. The highest BCUT2D eigenvalue weighted by Crippen LogP contribution is 2.44. The van der Waals surface area contributed by atoms with Crippen LogP contribution in [0.15, 0.2) is 18.2 Å². The lowest BCUT2D eigenvalue weighted by atomic mass is 9.58. The number of piperidine rings is 2. The van der Waals surface area contributed by atoms with Gasteiger partial charge in [-0.1, -0.05) is 18.6 Å². The molecular formula is C20H27N3O2+2. The molecule has 2 N–H and O–H groups in total. The molecule has 1 aromatic carbocycles. The second-order valence-electron chi connectivity index (χ2n) is 9.07. The number of amides is 1. The van der Waals surface area contributed by atoms with Gasteiger partial charge in [-0.2, -0.15) is 0 Å².